The third kappa shape index (κ3) is 2.87. The third-order valence-electron chi connectivity index (χ3n) is 5.19. The van der Waals surface area contributed by atoms with E-state index in [0.717, 1.165) is 39.0 Å². The minimum atomic E-state index is 0.0353. The monoisotopic (exact) mass is 308 g/mol. The van der Waals surface area contributed by atoms with Crippen molar-refractivity contribution in [1.29, 1.82) is 0 Å². The summed E-state index contributed by atoms with van der Waals surface area (Å²) in [6.45, 7) is 6.77. The number of piperidine rings is 1. The number of ether oxygens (including phenoxy) is 1. The maximum atomic E-state index is 12.0. The summed E-state index contributed by atoms with van der Waals surface area (Å²) in [5.41, 5.74) is 1.52. The molecule has 3 heterocycles. The zero-order chi connectivity index (χ0) is 14.9. The average molecular weight is 308 g/mol. The van der Waals surface area contributed by atoms with Gasteiger partial charge in [-0.25, -0.2) is 0 Å². The molecule has 4 nitrogen and oxygen atoms in total. The van der Waals surface area contributed by atoms with E-state index in [-0.39, 0.29) is 17.2 Å². The van der Waals surface area contributed by atoms with E-state index in [1.807, 2.05) is 11.3 Å². The Kier molecular flexibility index (Phi) is 4.33. The van der Waals surface area contributed by atoms with Crippen LogP contribution in [-0.4, -0.2) is 44.2 Å². The van der Waals surface area contributed by atoms with Crippen LogP contribution in [0.1, 0.15) is 23.3 Å². The molecule has 2 fully saturated rings. The Bertz CT molecular complexity index is 506. The van der Waals surface area contributed by atoms with Crippen molar-refractivity contribution in [3.8, 4) is 0 Å². The van der Waals surface area contributed by atoms with Crippen molar-refractivity contribution < 1.29 is 9.53 Å². The minimum Gasteiger partial charge on any atom is -0.384 e. The van der Waals surface area contributed by atoms with E-state index in [9.17, 15) is 4.79 Å². The second-order valence-corrected chi connectivity index (χ2v) is 7.39. The summed E-state index contributed by atoms with van der Waals surface area (Å²) in [5, 5.41) is 5.22. The fourth-order valence-corrected chi connectivity index (χ4v) is 4.61. The Balaban J connectivity index is 1.62. The molecule has 1 atom stereocenters. The number of nitrogens with one attached hydrogen (secondary N) is 1. The summed E-state index contributed by atoms with van der Waals surface area (Å²) in [6, 6.07) is 2.19. The first-order chi connectivity index (χ1) is 10.1. The van der Waals surface area contributed by atoms with Gasteiger partial charge in [-0.05, 0) is 49.9 Å². The van der Waals surface area contributed by atoms with E-state index in [4.69, 9.17) is 4.74 Å². The van der Waals surface area contributed by atoms with E-state index in [2.05, 4.69) is 28.6 Å². The number of carbonyl (C=O) groups excluding carboxylic acids is 1. The maximum absolute atomic E-state index is 12.0. The summed E-state index contributed by atoms with van der Waals surface area (Å²) in [5.74, 6) is 0.215. The molecule has 1 amide bonds. The van der Waals surface area contributed by atoms with Crippen LogP contribution >= 0.6 is 11.3 Å². The summed E-state index contributed by atoms with van der Waals surface area (Å²) < 4.78 is 5.28. The van der Waals surface area contributed by atoms with Crippen LogP contribution in [0.2, 0.25) is 0 Å². The molecule has 116 valence electrons. The normalized spacial score (nSPS) is 25.4. The van der Waals surface area contributed by atoms with Gasteiger partial charge in [-0.1, -0.05) is 0 Å². The van der Waals surface area contributed by atoms with Gasteiger partial charge in [0.25, 0.3) is 0 Å². The molecular formula is C16H24N2O2S. The predicted octanol–water partition coefficient (Wildman–Crippen LogP) is 2.03. The van der Waals surface area contributed by atoms with Crippen molar-refractivity contribution in [2.24, 2.45) is 11.3 Å². The molecule has 1 aromatic heterocycles. The first-order valence-corrected chi connectivity index (χ1v) is 8.54. The van der Waals surface area contributed by atoms with Gasteiger partial charge in [0, 0.05) is 30.5 Å². The second kappa shape index (κ2) is 6.07. The SMILES string of the molecule is COC[C@H]1C(=O)NCC12CCN(Cc1sccc1C)CC2. The van der Waals surface area contributed by atoms with Crippen molar-refractivity contribution in [1.82, 2.24) is 10.2 Å². The summed E-state index contributed by atoms with van der Waals surface area (Å²) in [7, 11) is 1.69. The fraction of sp³-hybridized carbons (Fsp3) is 0.688. The van der Waals surface area contributed by atoms with Crippen molar-refractivity contribution in [3.63, 3.8) is 0 Å². The molecule has 0 aliphatic carbocycles. The fourth-order valence-electron chi connectivity index (χ4n) is 3.66. The number of aryl methyl sites for hydroxylation is 1. The van der Waals surface area contributed by atoms with Crippen LogP contribution in [0.15, 0.2) is 11.4 Å². The minimum absolute atomic E-state index is 0.0353. The smallest absolute Gasteiger partial charge is 0.226 e. The first-order valence-electron chi connectivity index (χ1n) is 7.66. The van der Waals surface area contributed by atoms with Crippen LogP contribution < -0.4 is 5.32 Å². The third-order valence-corrected chi connectivity index (χ3v) is 6.20. The molecule has 21 heavy (non-hydrogen) atoms. The van der Waals surface area contributed by atoms with E-state index in [1.54, 1.807) is 7.11 Å². The first kappa shape index (κ1) is 15.0. The molecule has 2 aliphatic heterocycles. The van der Waals surface area contributed by atoms with Crippen LogP contribution in [-0.2, 0) is 16.1 Å². The van der Waals surface area contributed by atoms with E-state index < -0.39 is 0 Å². The second-order valence-electron chi connectivity index (χ2n) is 6.39. The van der Waals surface area contributed by atoms with Crippen LogP contribution in [0, 0.1) is 18.3 Å². The van der Waals surface area contributed by atoms with Gasteiger partial charge >= 0.3 is 0 Å². The summed E-state index contributed by atoms with van der Waals surface area (Å²) in [4.78, 5) is 16.0. The van der Waals surface area contributed by atoms with E-state index >= 15 is 0 Å². The van der Waals surface area contributed by atoms with Crippen molar-refractivity contribution in [2.75, 3.05) is 33.4 Å². The highest BCUT2D eigenvalue weighted by Gasteiger charge is 2.49. The number of likely N-dealkylation sites (tertiary alicyclic amines) is 1. The Hall–Kier alpha value is -0.910. The predicted molar refractivity (Wildman–Crippen MR) is 84.4 cm³/mol. The van der Waals surface area contributed by atoms with E-state index in [0.29, 0.717) is 6.61 Å². The Morgan fingerprint density at radius 1 is 1.48 bits per heavy atom. The van der Waals surface area contributed by atoms with Gasteiger partial charge in [-0.15, -0.1) is 11.3 Å². The van der Waals surface area contributed by atoms with Gasteiger partial charge in [0.1, 0.15) is 0 Å². The average Bonchev–Trinajstić information content (AvgIpc) is 3.01. The van der Waals surface area contributed by atoms with Gasteiger partial charge in [-0.3, -0.25) is 9.69 Å². The topological polar surface area (TPSA) is 41.6 Å². The Labute approximate surface area is 130 Å². The lowest BCUT2D eigenvalue weighted by molar-refractivity contribution is -0.126. The standard InChI is InChI=1S/C16H24N2O2S/c1-12-3-8-21-14(12)9-18-6-4-16(5-7-18)11-17-15(19)13(16)10-20-2/h3,8,13H,4-7,9-11H2,1-2H3,(H,17,19)/t13-/m0/s1. The molecule has 1 N–H and O–H groups in total. The molecule has 5 heteroatoms. The van der Waals surface area contributed by atoms with Gasteiger partial charge in [0.2, 0.25) is 5.91 Å². The summed E-state index contributed by atoms with van der Waals surface area (Å²) in [6.07, 6.45) is 2.17. The number of methoxy groups -OCH3 is 1. The highest BCUT2D eigenvalue weighted by atomic mass is 32.1. The molecule has 2 aliphatic rings. The molecular weight excluding hydrogens is 284 g/mol. The number of carbonyl (C=O) groups is 1. The zero-order valence-corrected chi connectivity index (χ0v) is 13.7. The molecule has 3 rings (SSSR count). The lowest BCUT2D eigenvalue weighted by atomic mass is 9.71. The largest absolute Gasteiger partial charge is 0.384 e. The van der Waals surface area contributed by atoms with Crippen LogP contribution in [0.5, 0.6) is 0 Å². The molecule has 1 spiro atoms. The van der Waals surface area contributed by atoms with Crippen molar-refractivity contribution in [3.05, 3.63) is 21.9 Å². The lowest BCUT2D eigenvalue weighted by Crippen LogP contribution is -2.45. The van der Waals surface area contributed by atoms with Gasteiger partial charge in [0.15, 0.2) is 0 Å². The number of hydrogen-bond acceptors (Lipinski definition) is 4. The summed E-state index contributed by atoms with van der Waals surface area (Å²) >= 11 is 1.85. The maximum Gasteiger partial charge on any atom is 0.226 e. The quantitative estimate of drug-likeness (QED) is 0.925. The number of amides is 1. The molecule has 0 saturated carbocycles. The number of thiophene rings is 1. The van der Waals surface area contributed by atoms with Gasteiger partial charge in [0.05, 0.1) is 12.5 Å². The van der Waals surface area contributed by atoms with Crippen LogP contribution in [0.4, 0.5) is 0 Å². The van der Waals surface area contributed by atoms with Gasteiger partial charge < -0.3 is 10.1 Å². The Morgan fingerprint density at radius 2 is 2.24 bits per heavy atom. The zero-order valence-electron chi connectivity index (χ0n) is 12.9. The molecule has 0 radical (unpaired) electrons. The van der Waals surface area contributed by atoms with Crippen molar-refractivity contribution >= 4 is 17.2 Å². The van der Waals surface area contributed by atoms with Crippen molar-refractivity contribution in [2.45, 2.75) is 26.3 Å². The van der Waals surface area contributed by atoms with E-state index in [1.165, 1.54) is 10.4 Å². The highest BCUT2D eigenvalue weighted by molar-refractivity contribution is 7.10. The molecule has 0 unspecified atom stereocenters. The molecule has 1 aromatic rings. The Morgan fingerprint density at radius 3 is 2.86 bits per heavy atom. The lowest BCUT2D eigenvalue weighted by Gasteiger charge is -2.41. The molecule has 0 aromatic carbocycles. The van der Waals surface area contributed by atoms with Gasteiger partial charge in [-0.2, -0.15) is 0 Å². The number of nitrogens with zero attached hydrogens (tertiary/aromatic N) is 1. The number of hydrogen-bond donors (Lipinski definition) is 1. The van der Waals surface area contributed by atoms with Crippen LogP contribution in [0.25, 0.3) is 0 Å². The highest BCUT2D eigenvalue weighted by Crippen LogP contribution is 2.42. The van der Waals surface area contributed by atoms with Crippen LogP contribution in [0.3, 0.4) is 0 Å². The molecule has 0 bridgehead atoms. The number of rotatable bonds is 4. The molecule has 2 saturated heterocycles.